The number of carbonyl (C=O) groups is 3. The molecule has 178 valence electrons. The van der Waals surface area contributed by atoms with Gasteiger partial charge in [-0.25, -0.2) is 4.39 Å². The molecule has 2 aliphatic heterocycles. The molecule has 6 nitrogen and oxygen atoms in total. The van der Waals surface area contributed by atoms with Crippen LogP contribution in [0.25, 0.3) is 0 Å². The number of benzene rings is 3. The molecular formula is C27H24FN3O3S. The summed E-state index contributed by atoms with van der Waals surface area (Å²) in [6.07, 6.45) is 0. The topological polar surface area (TPSA) is 69.7 Å². The highest BCUT2D eigenvalue weighted by atomic mass is 32.2. The minimum atomic E-state index is -1.40. The van der Waals surface area contributed by atoms with Gasteiger partial charge in [-0.1, -0.05) is 41.5 Å². The largest absolute Gasteiger partial charge is 0.324 e. The third kappa shape index (κ3) is 3.78. The lowest BCUT2D eigenvalue weighted by atomic mass is 10.0. The van der Waals surface area contributed by atoms with E-state index in [4.69, 9.17) is 0 Å². The molecule has 8 heteroatoms. The summed E-state index contributed by atoms with van der Waals surface area (Å²) >= 11 is 1.20. The van der Waals surface area contributed by atoms with Gasteiger partial charge in [0.2, 0.25) is 16.7 Å². The number of nitrogens with zero attached hydrogens (tertiary/aromatic N) is 2. The number of anilines is 3. The smallest absolute Gasteiger partial charge is 0.269 e. The maximum Gasteiger partial charge on any atom is 0.269 e. The Balaban J connectivity index is 1.54. The Morgan fingerprint density at radius 1 is 1.03 bits per heavy atom. The highest BCUT2D eigenvalue weighted by molar-refractivity contribution is 8.02. The van der Waals surface area contributed by atoms with Crippen molar-refractivity contribution in [3.63, 3.8) is 0 Å². The molecule has 0 unspecified atom stereocenters. The average molecular weight is 490 g/mol. The van der Waals surface area contributed by atoms with E-state index in [0.717, 1.165) is 16.7 Å². The summed E-state index contributed by atoms with van der Waals surface area (Å²) in [5.41, 5.74) is 5.11. The van der Waals surface area contributed by atoms with E-state index in [1.165, 1.54) is 39.8 Å². The molecule has 2 aliphatic rings. The van der Waals surface area contributed by atoms with Crippen molar-refractivity contribution in [1.29, 1.82) is 0 Å². The number of halogens is 1. The van der Waals surface area contributed by atoms with Gasteiger partial charge < -0.3 is 5.32 Å². The Labute approximate surface area is 207 Å². The summed E-state index contributed by atoms with van der Waals surface area (Å²) in [6, 6.07) is 16.9. The summed E-state index contributed by atoms with van der Waals surface area (Å²) < 4.78 is 14.1. The van der Waals surface area contributed by atoms with E-state index in [2.05, 4.69) is 5.32 Å². The second kappa shape index (κ2) is 8.53. The lowest BCUT2D eigenvalue weighted by Crippen LogP contribution is -2.51. The third-order valence-corrected chi connectivity index (χ3v) is 7.72. The number of hydrogen-bond donors (Lipinski definition) is 1. The number of nitrogens with one attached hydrogen (secondary N) is 1. The molecule has 5 rings (SSSR count). The number of amides is 3. The van der Waals surface area contributed by atoms with Gasteiger partial charge in [-0.05, 0) is 56.7 Å². The zero-order chi connectivity index (χ0) is 24.9. The maximum atomic E-state index is 14.1. The quantitative estimate of drug-likeness (QED) is 0.578. The normalized spacial score (nSPS) is 19.0. The van der Waals surface area contributed by atoms with Crippen LogP contribution in [0.3, 0.4) is 0 Å². The van der Waals surface area contributed by atoms with Crippen molar-refractivity contribution in [2.45, 2.75) is 25.6 Å². The molecule has 0 aliphatic carbocycles. The second-order valence-corrected chi connectivity index (χ2v) is 10.1. The summed E-state index contributed by atoms with van der Waals surface area (Å²) in [4.78, 5) is 41.6. The van der Waals surface area contributed by atoms with Crippen molar-refractivity contribution in [2.75, 3.05) is 27.4 Å². The second-order valence-electron chi connectivity index (χ2n) is 8.92. The fourth-order valence-corrected chi connectivity index (χ4v) is 6.13. The molecule has 0 aromatic heterocycles. The first-order chi connectivity index (χ1) is 16.7. The lowest BCUT2D eigenvalue weighted by molar-refractivity contribution is -0.124. The first-order valence-electron chi connectivity index (χ1n) is 11.2. The van der Waals surface area contributed by atoms with Gasteiger partial charge in [0.25, 0.3) is 5.91 Å². The van der Waals surface area contributed by atoms with Crippen LogP contribution in [0.1, 0.15) is 22.3 Å². The van der Waals surface area contributed by atoms with Crippen molar-refractivity contribution in [3.05, 3.63) is 88.7 Å². The fourth-order valence-electron chi connectivity index (χ4n) is 4.78. The number of fused-ring (bicyclic) bond motifs is 2. The summed E-state index contributed by atoms with van der Waals surface area (Å²) in [5.74, 6) is -1.46. The first kappa shape index (κ1) is 23.1. The van der Waals surface area contributed by atoms with E-state index in [1.54, 1.807) is 12.1 Å². The summed E-state index contributed by atoms with van der Waals surface area (Å²) in [7, 11) is 0. The average Bonchev–Trinajstić information content (AvgIpc) is 3.26. The molecule has 0 bridgehead atoms. The highest BCUT2D eigenvalue weighted by Gasteiger charge is 2.61. The van der Waals surface area contributed by atoms with E-state index in [-0.39, 0.29) is 24.1 Å². The SMILES string of the molecule is Cc1ccc(NC(=O)CN2C(=O)[C@]3(SCC(=O)N3c3cccc(F)c3)c3cc(C)ccc32)c(C)c1. The molecule has 1 saturated heterocycles. The van der Waals surface area contributed by atoms with Crippen molar-refractivity contribution in [3.8, 4) is 0 Å². The predicted octanol–water partition coefficient (Wildman–Crippen LogP) is 4.67. The lowest BCUT2D eigenvalue weighted by Gasteiger charge is -2.33. The van der Waals surface area contributed by atoms with Crippen LogP contribution in [0, 0.1) is 26.6 Å². The predicted molar refractivity (Wildman–Crippen MR) is 136 cm³/mol. The zero-order valence-corrected chi connectivity index (χ0v) is 20.4. The Morgan fingerprint density at radius 2 is 1.77 bits per heavy atom. The van der Waals surface area contributed by atoms with Gasteiger partial charge in [-0.2, -0.15) is 0 Å². The molecule has 3 amide bonds. The number of carbonyl (C=O) groups excluding carboxylic acids is 3. The van der Waals surface area contributed by atoms with Gasteiger partial charge in [-0.3, -0.25) is 24.2 Å². The van der Waals surface area contributed by atoms with Gasteiger partial charge in [0.15, 0.2) is 0 Å². The molecule has 3 aromatic rings. The molecule has 1 spiro atoms. The molecule has 1 fully saturated rings. The minimum Gasteiger partial charge on any atom is -0.324 e. The molecule has 0 radical (unpaired) electrons. The standard InChI is InChI=1S/C27H24FN3O3S/c1-16-7-9-22(18(3)11-16)29-24(32)14-30-23-10-8-17(2)12-21(23)27(26(30)34)31(25(33)15-35-27)20-6-4-5-19(28)13-20/h4-13H,14-15H2,1-3H3,(H,29,32)/t27-/m1/s1. The van der Waals surface area contributed by atoms with E-state index >= 15 is 0 Å². The number of rotatable bonds is 4. The van der Waals surface area contributed by atoms with Crippen molar-refractivity contribution in [2.24, 2.45) is 0 Å². The third-order valence-electron chi connectivity index (χ3n) is 6.34. The number of hydrogen-bond acceptors (Lipinski definition) is 4. The van der Waals surface area contributed by atoms with Crippen molar-refractivity contribution < 1.29 is 18.8 Å². The van der Waals surface area contributed by atoms with Gasteiger partial charge >= 0.3 is 0 Å². The maximum absolute atomic E-state index is 14.1. The van der Waals surface area contributed by atoms with Crippen molar-refractivity contribution >= 4 is 46.5 Å². The molecule has 3 aromatic carbocycles. The molecular weight excluding hydrogens is 465 g/mol. The van der Waals surface area contributed by atoms with Crippen LogP contribution in [-0.2, 0) is 19.3 Å². The summed E-state index contributed by atoms with van der Waals surface area (Å²) in [6.45, 7) is 5.58. The molecule has 2 heterocycles. The molecule has 35 heavy (non-hydrogen) atoms. The highest BCUT2D eigenvalue weighted by Crippen LogP contribution is 2.55. The Hall–Kier alpha value is -3.65. The van der Waals surface area contributed by atoms with Crippen LogP contribution >= 0.6 is 11.8 Å². The molecule has 1 N–H and O–H groups in total. The van der Waals surface area contributed by atoms with Gasteiger partial charge in [-0.15, -0.1) is 11.8 Å². The Morgan fingerprint density at radius 3 is 2.51 bits per heavy atom. The van der Waals surface area contributed by atoms with Crippen LogP contribution in [-0.4, -0.2) is 30.0 Å². The Bertz CT molecular complexity index is 1390. The number of aryl methyl sites for hydroxylation is 3. The zero-order valence-electron chi connectivity index (χ0n) is 19.6. The molecule has 0 saturated carbocycles. The fraction of sp³-hybridized carbons (Fsp3) is 0.222. The number of thioether (sulfide) groups is 1. The van der Waals surface area contributed by atoms with Crippen LogP contribution in [0.5, 0.6) is 0 Å². The van der Waals surface area contributed by atoms with Crippen molar-refractivity contribution in [1.82, 2.24) is 0 Å². The van der Waals surface area contributed by atoms with Gasteiger partial charge in [0, 0.05) is 16.9 Å². The van der Waals surface area contributed by atoms with E-state index in [1.807, 2.05) is 51.1 Å². The minimum absolute atomic E-state index is 0.0677. The van der Waals surface area contributed by atoms with E-state index in [0.29, 0.717) is 22.6 Å². The summed E-state index contributed by atoms with van der Waals surface area (Å²) in [5, 5.41) is 2.90. The Kier molecular flexibility index (Phi) is 5.63. The molecule has 1 atom stereocenters. The van der Waals surface area contributed by atoms with Crippen LogP contribution in [0.4, 0.5) is 21.5 Å². The van der Waals surface area contributed by atoms with Crippen LogP contribution in [0.2, 0.25) is 0 Å². The van der Waals surface area contributed by atoms with Crippen LogP contribution < -0.4 is 15.1 Å². The van der Waals surface area contributed by atoms with Gasteiger partial charge in [0.1, 0.15) is 12.4 Å². The monoisotopic (exact) mass is 489 g/mol. The first-order valence-corrected chi connectivity index (χ1v) is 12.2. The van der Waals surface area contributed by atoms with Crippen LogP contribution in [0.15, 0.2) is 60.7 Å². The van der Waals surface area contributed by atoms with E-state index < -0.39 is 16.6 Å². The van der Waals surface area contributed by atoms with E-state index in [9.17, 15) is 18.8 Å². The van der Waals surface area contributed by atoms with Gasteiger partial charge in [0.05, 0.1) is 11.4 Å².